The second-order valence-corrected chi connectivity index (χ2v) is 13.6. The Morgan fingerprint density at radius 1 is 0.426 bits per heavy atom. The summed E-state index contributed by atoms with van der Waals surface area (Å²) in [5, 5.41) is 0. The third-order valence-electron chi connectivity index (χ3n) is 8.48. The van der Waals surface area contributed by atoms with Crippen LogP contribution in [0.25, 0.3) is 0 Å². The van der Waals surface area contributed by atoms with E-state index in [0.29, 0.717) is 13.2 Å². The van der Waals surface area contributed by atoms with Crippen LogP contribution in [0.4, 0.5) is 0 Å². The molecule has 0 aliphatic carbocycles. The molecular weight excluding hydrogens is 578 g/mol. The maximum absolute atomic E-state index is 6.21. The Morgan fingerprint density at radius 2 is 0.809 bits per heavy atom. The number of likely N-dealkylation sites (N-methyl/N-ethyl adjacent to an activating group) is 1. The van der Waals surface area contributed by atoms with Crippen molar-refractivity contribution < 1.29 is 14.2 Å². The first-order valence-corrected chi connectivity index (χ1v) is 20.2. The second-order valence-electron chi connectivity index (χ2n) is 13.6. The quantitative estimate of drug-likeness (QED) is 0.0487. The minimum atomic E-state index is 0.0414. The van der Waals surface area contributed by atoms with Crippen molar-refractivity contribution in [3.8, 4) is 0 Å². The van der Waals surface area contributed by atoms with Gasteiger partial charge in [-0.2, -0.15) is 0 Å². The number of ether oxygens (including phenoxy) is 3. The normalized spacial score (nSPS) is 13.1. The minimum Gasteiger partial charge on any atom is -0.379 e. The molecule has 0 aliphatic heterocycles. The molecule has 1 unspecified atom stereocenters. The van der Waals surface area contributed by atoms with Gasteiger partial charge >= 0.3 is 0 Å². The van der Waals surface area contributed by atoms with Crippen molar-refractivity contribution in [1.82, 2.24) is 4.90 Å². The fraction of sp³-hybridized carbons (Fsp3) is 0.814. The first kappa shape index (κ1) is 45.8. The highest BCUT2D eigenvalue weighted by molar-refractivity contribution is 4.93. The lowest BCUT2D eigenvalue weighted by Crippen LogP contribution is -2.28. The van der Waals surface area contributed by atoms with Crippen LogP contribution in [0.15, 0.2) is 48.6 Å². The van der Waals surface area contributed by atoms with E-state index in [0.717, 1.165) is 52.0 Å². The summed E-state index contributed by atoms with van der Waals surface area (Å²) >= 11 is 0. The molecule has 0 aromatic rings. The van der Waals surface area contributed by atoms with Crippen molar-refractivity contribution in [2.24, 2.45) is 0 Å². The molecule has 0 aromatic heterocycles. The Bertz CT molecular complexity index is 699. The maximum atomic E-state index is 6.21. The standard InChI is InChI=1S/C43H81NO3/c1-5-7-9-11-13-15-17-19-21-23-25-27-29-31-33-35-38-45-41-43(42-46-40-37-44(3)4)47-39-36-34-32-30-28-26-24-22-20-18-16-14-12-10-8-6-2/h13-16,19-22,43H,5-12,17-18,23-42H2,1-4H3. The van der Waals surface area contributed by atoms with Gasteiger partial charge in [0.25, 0.3) is 0 Å². The van der Waals surface area contributed by atoms with Crippen LogP contribution in [-0.4, -0.2) is 64.7 Å². The van der Waals surface area contributed by atoms with Crippen molar-refractivity contribution in [3.05, 3.63) is 48.6 Å². The third kappa shape index (κ3) is 40.9. The van der Waals surface area contributed by atoms with E-state index in [9.17, 15) is 0 Å². The number of nitrogens with zero attached hydrogens (tertiary/aromatic N) is 1. The lowest BCUT2D eigenvalue weighted by molar-refractivity contribution is -0.0623. The molecule has 0 bridgehead atoms. The number of allylic oxidation sites excluding steroid dienone is 8. The van der Waals surface area contributed by atoms with Crippen LogP contribution in [0.2, 0.25) is 0 Å². The van der Waals surface area contributed by atoms with Crippen molar-refractivity contribution in [2.45, 2.75) is 174 Å². The highest BCUT2D eigenvalue weighted by atomic mass is 16.6. The van der Waals surface area contributed by atoms with Crippen molar-refractivity contribution in [3.63, 3.8) is 0 Å². The van der Waals surface area contributed by atoms with Crippen molar-refractivity contribution in [1.29, 1.82) is 0 Å². The molecule has 1 atom stereocenters. The molecule has 4 nitrogen and oxygen atoms in total. The van der Waals surface area contributed by atoms with E-state index in [-0.39, 0.29) is 6.10 Å². The highest BCUT2D eigenvalue weighted by Crippen LogP contribution is 2.11. The molecule has 0 saturated carbocycles. The number of hydrogen-bond donors (Lipinski definition) is 0. The topological polar surface area (TPSA) is 30.9 Å². The fourth-order valence-corrected chi connectivity index (χ4v) is 5.35. The summed E-state index contributed by atoms with van der Waals surface area (Å²) < 4.78 is 18.2. The summed E-state index contributed by atoms with van der Waals surface area (Å²) in [6.07, 6.45) is 49.2. The lowest BCUT2D eigenvalue weighted by atomic mass is 10.1. The van der Waals surface area contributed by atoms with Crippen LogP contribution in [0.3, 0.4) is 0 Å². The van der Waals surface area contributed by atoms with Crippen molar-refractivity contribution in [2.75, 3.05) is 53.7 Å². The summed E-state index contributed by atoms with van der Waals surface area (Å²) in [5.41, 5.74) is 0. The molecule has 0 N–H and O–H groups in total. The molecule has 0 aliphatic rings. The van der Waals surface area contributed by atoms with E-state index >= 15 is 0 Å². The minimum absolute atomic E-state index is 0.0414. The van der Waals surface area contributed by atoms with Gasteiger partial charge in [0.15, 0.2) is 0 Å². The van der Waals surface area contributed by atoms with Gasteiger partial charge in [-0.1, -0.05) is 140 Å². The van der Waals surface area contributed by atoms with Gasteiger partial charge in [0.2, 0.25) is 0 Å². The number of unbranched alkanes of at least 4 members (excludes halogenated alkanes) is 18. The summed E-state index contributed by atoms with van der Waals surface area (Å²) in [7, 11) is 4.16. The van der Waals surface area contributed by atoms with E-state index in [1.807, 2.05) is 0 Å². The molecule has 0 aromatic carbocycles. The van der Waals surface area contributed by atoms with Gasteiger partial charge in [0, 0.05) is 19.8 Å². The average molecular weight is 660 g/mol. The van der Waals surface area contributed by atoms with Gasteiger partial charge in [0.1, 0.15) is 6.10 Å². The maximum Gasteiger partial charge on any atom is 0.104 e. The first-order valence-electron chi connectivity index (χ1n) is 20.2. The van der Waals surface area contributed by atoms with E-state index in [1.165, 1.54) is 128 Å². The van der Waals surface area contributed by atoms with E-state index in [2.05, 4.69) is 81.5 Å². The van der Waals surface area contributed by atoms with E-state index in [4.69, 9.17) is 14.2 Å². The van der Waals surface area contributed by atoms with Crippen LogP contribution in [0, 0.1) is 0 Å². The molecule has 0 radical (unpaired) electrons. The molecule has 0 amide bonds. The molecule has 4 heteroatoms. The molecule has 0 spiro atoms. The van der Waals surface area contributed by atoms with Gasteiger partial charge < -0.3 is 19.1 Å². The Morgan fingerprint density at radius 3 is 1.26 bits per heavy atom. The number of hydrogen-bond acceptors (Lipinski definition) is 4. The molecule has 0 rings (SSSR count). The van der Waals surface area contributed by atoms with E-state index < -0.39 is 0 Å². The Balaban J connectivity index is 3.79. The van der Waals surface area contributed by atoms with Gasteiger partial charge in [-0.15, -0.1) is 0 Å². The average Bonchev–Trinajstić information content (AvgIpc) is 3.07. The zero-order chi connectivity index (χ0) is 34.1. The smallest absolute Gasteiger partial charge is 0.104 e. The lowest BCUT2D eigenvalue weighted by Gasteiger charge is -2.19. The summed E-state index contributed by atoms with van der Waals surface area (Å²) in [5.74, 6) is 0. The monoisotopic (exact) mass is 660 g/mol. The van der Waals surface area contributed by atoms with Crippen LogP contribution in [0.5, 0.6) is 0 Å². The molecule has 0 fully saturated rings. The third-order valence-corrected chi connectivity index (χ3v) is 8.48. The summed E-state index contributed by atoms with van der Waals surface area (Å²) in [4.78, 5) is 2.15. The zero-order valence-corrected chi connectivity index (χ0v) is 32.1. The van der Waals surface area contributed by atoms with Crippen molar-refractivity contribution >= 4 is 0 Å². The summed E-state index contributed by atoms with van der Waals surface area (Å²) in [6, 6.07) is 0. The van der Waals surface area contributed by atoms with Crippen LogP contribution in [0.1, 0.15) is 168 Å². The van der Waals surface area contributed by atoms with E-state index in [1.54, 1.807) is 0 Å². The highest BCUT2D eigenvalue weighted by Gasteiger charge is 2.10. The largest absolute Gasteiger partial charge is 0.379 e. The van der Waals surface area contributed by atoms with Gasteiger partial charge in [-0.3, -0.25) is 0 Å². The molecular formula is C43H81NO3. The van der Waals surface area contributed by atoms with Crippen LogP contribution in [-0.2, 0) is 14.2 Å². The predicted molar refractivity (Wildman–Crippen MR) is 209 cm³/mol. The Hall–Kier alpha value is -1.20. The summed E-state index contributed by atoms with van der Waals surface area (Å²) in [6.45, 7) is 9.11. The Labute approximate surface area is 294 Å². The molecule has 276 valence electrons. The zero-order valence-electron chi connectivity index (χ0n) is 32.1. The molecule has 47 heavy (non-hydrogen) atoms. The fourth-order valence-electron chi connectivity index (χ4n) is 5.35. The predicted octanol–water partition coefficient (Wildman–Crippen LogP) is 12.6. The molecule has 0 saturated heterocycles. The molecule has 0 heterocycles. The Kier molecular flexibility index (Phi) is 39.9. The second kappa shape index (κ2) is 41.0. The van der Waals surface area contributed by atoms with Crippen LogP contribution >= 0.6 is 0 Å². The van der Waals surface area contributed by atoms with Gasteiger partial charge in [-0.05, 0) is 91.1 Å². The van der Waals surface area contributed by atoms with Gasteiger partial charge in [-0.25, -0.2) is 0 Å². The van der Waals surface area contributed by atoms with Crippen LogP contribution < -0.4 is 0 Å². The number of rotatable bonds is 38. The SMILES string of the molecule is CCCCCC=CCC=CCCCCCCCCOCC(COCCN(C)C)OCCCCCCCCC=CCC=CCCCCC. The first-order chi connectivity index (χ1) is 23.2. The van der Waals surface area contributed by atoms with Gasteiger partial charge in [0.05, 0.1) is 19.8 Å².